The van der Waals surface area contributed by atoms with Crippen molar-refractivity contribution < 1.29 is 14.3 Å². The number of ether oxygens (including phenoxy) is 1. The smallest absolute Gasteiger partial charge is 0.329 e. The van der Waals surface area contributed by atoms with Crippen LogP contribution in [0.4, 0.5) is 0 Å². The highest BCUT2D eigenvalue weighted by Crippen LogP contribution is 2.22. The third kappa shape index (κ3) is 4.37. The van der Waals surface area contributed by atoms with Crippen LogP contribution in [0.25, 0.3) is 0 Å². The molecule has 1 aliphatic rings. The van der Waals surface area contributed by atoms with Crippen LogP contribution >= 0.6 is 0 Å². The van der Waals surface area contributed by atoms with E-state index in [9.17, 15) is 9.59 Å². The molecule has 0 unspecified atom stereocenters. The van der Waals surface area contributed by atoms with Crippen LogP contribution in [-0.4, -0.2) is 35.0 Å². The molecule has 0 bridgehead atoms. The predicted octanol–water partition coefficient (Wildman–Crippen LogP) is 2.68. The van der Waals surface area contributed by atoms with Gasteiger partial charge in [0.15, 0.2) is 0 Å². The summed E-state index contributed by atoms with van der Waals surface area (Å²) in [6.07, 6.45) is 4.27. The molecule has 0 aliphatic carbocycles. The number of nitrogens with zero attached hydrogens (tertiary/aromatic N) is 1. The molecule has 0 saturated carbocycles. The molecule has 1 aliphatic heterocycles. The lowest BCUT2D eigenvalue weighted by Gasteiger charge is -2.27. The van der Waals surface area contributed by atoms with Crippen LogP contribution in [0.3, 0.4) is 0 Å². The standard InChI is InChI=1S/C15H25NO3/c1-6-8-11(2)13(17)16-10-7-9-12(16)14(18)19-15(3,4)5/h8,12H,6-7,9-10H2,1-5H3/b11-8-/t12-/m1/s1. The number of likely N-dealkylation sites (tertiary alicyclic amines) is 1. The summed E-state index contributed by atoms with van der Waals surface area (Å²) in [5.41, 5.74) is 0.195. The number of esters is 1. The molecule has 19 heavy (non-hydrogen) atoms. The lowest BCUT2D eigenvalue weighted by atomic mass is 10.1. The minimum atomic E-state index is -0.511. The van der Waals surface area contributed by atoms with Crippen molar-refractivity contribution in [1.82, 2.24) is 4.90 Å². The van der Waals surface area contributed by atoms with Gasteiger partial charge in [0.1, 0.15) is 11.6 Å². The molecule has 0 N–H and O–H groups in total. The van der Waals surface area contributed by atoms with Crippen molar-refractivity contribution in [2.24, 2.45) is 0 Å². The summed E-state index contributed by atoms with van der Waals surface area (Å²) in [7, 11) is 0. The molecule has 1 atom stereocenters. The molecule has 0 aromatic rings. The fraction of sp³-hybridized carbons (Fsp3) is 0.733. The van der Waals surface area contributed by atoms with Crippen LogP contribution in [0.15, 0.2) is 11.6 Å². The molecular formula is C15H25NO3. The lowest BCUT2D eigenvalue weighted by molar-refractivity contribution is -0.162. The van der Waals surface area contributed by atoms with E-state index >= 15 is 0 Å². The van der Waals surface area contributed by atoms with Crippen molar-refractivity contribution in [3.8, 4) is 0 Å². The fourth-order valence-electron chi connectivity index (χ4n) is 2.24. The van der Waals surface area contributed by atoms with Gasteiger partial charge in [-0.15, -0.1) is 0 Å². The molecule has 1 fully saturated rings. The Bertz CT molecular complexity index is 379. The van der Waals surface area contributed by atoms with E-state index in [2.05, 4.69) is 0 Å². The molecule has 0 aromatic heterocycles. The Morgan fingerprint density at radius 2 is 2.00 bits per heavy atom. The number of amides is 1. The van der Waals surface area contributed by atoms with Crippen LogP contribution in [0.2, 0.25) is 0 Å². The highest BCUT2D eigenvalue weighted by Gasteiger charge is 2.37. The predicted molar refractivity (Wildman–Crippen MR) is 74.6 cm³/mol. The van der Waals surface area contributed by atoms with Crippen LogP contribution < -0.4 is 0 Å². The normalized spacial score (nSPS) is 20.6. The highest BCUT2D eigenvalue weighted by molar-refractivity contribution is 5.96. The molecule has 0 spiro atoms. The second-order valence-electron chi connectivity index (χ2n) is 5.99. The minimum absolute atomic E-state index is 0.0461. The number of rotatable bonds is 3. The molecule has 1 rings (SSSR count). The van der Waals surface area contributed by atoms with Gasteiger partial charge >= 0.3 is 5.97 Å². The van der Waals surface area contributed by atoms with Gasteiger partial charge in [-0.3, -0.25) is 4.79 Å². The van der Waals surface area contributed by atoms with E-state index in [0.717, 1.165) is 12.8 Å². The van der Waals surface area contributed by atoms with Crippen LogP contribution in [0.5, 0.6) is 0 Å². The summed E-state index contributed by atoms with van der Waals surface area (Å²) in [6, 6.07) is -0.424. The summed E-state index contributed by atoms with van der Waals surface area (Å²) in [5, 5.41) is 0. The Labute approximate surface area is 115 Å². The Balaban J connectivity index is 2.77. The molecule has 108 valence electrons. The molecule has 4 heteroatoms. The Morgan fingerprint density at radius 1 is 1.37 bits per heavy atom. The van der Waals surface area contributed by atoms with Gasteiger partial charge in [-0.2, -0.15) is 0 Å². The number of carbonyl (C=O) groups is 2. The molecule has 0 aromatic carbocycles. The van der Waals surface area contributed by atoms with Crippen LogP contribution in [-0.2, 0) is 14.3 Å². The largest absolute Gasteiger partial charge is 0.458 e. The summed E-state index contributed by atoms with van der Waals surface area (Å²) in [4.78, 5) is 26.0. The van der Waals surface area contributed by atoms with Crippen molar-refractivity contribution in [1.29, 1.82) is 0 Å². The van der Waals surface area contributed by atoms with E-state index in [1.165, 1.54) is 0 Å². The number of allylic oxidation sites excluding steroid dienone is 1. The molecule has 1 saturated heterocycles. The van der Waals surface area contributed by atoms with Gasteiger partial charge in [0.05, 0.1) is 0 Å². The van der Waals surface area contributed by atoms with Gasteiger partial charge in [0.25, 0.3) is 0 Å². The Hall–Kier alpha value is -1.32. The second-order valence-corrected chi connectivity index (χ2v) is 5.99. The monoisotopic (exact) mass is 267 g/mol. The summed E-state index contributed by atoms with van der Waals surface area (Å²) in [6.45, 7) is 9.96. The van der Waals surface area contributed by atoms with Gasteiger partial charge in [-0.05, 0) is 47.0 Å². The maximum absolute atomic E-state index is 12.3. The maximum atomic E-state index is 12.3. The number of carbonyl (C=O) groups excluding carboxylic acids is 2. The van der Waals surface area contributed by atoms with E-state index in [1.54, 1.807) is 11.8 Å². The third-order valence-corrected chi connectivity index (χ3v) is 3.04. The van der Waals surface area contributed by atoms with E-state index in [4.69, 9.17) is 4.74 Å². The first kappa shape index (κ1) is 15.7. The van der Waals surface area contributed by atoms with Gasteiger partial charge in [-0.25, -0.2) is 4.79 Å². The number of hydrogen-bond acceptors (Lipinski definition) is 3. The minimum Gasteiger partial charge on any atom is -0.458 e. The zero-order valence-corrected chi connectivity index (χ0v) is 12.7. The summed E-state index contributed by atoms with van der Waals surface area (Å²) < 4.78 is 5.39. The summed E-state index contributed by atoms with van der Waals surface area (Å²) in [5.74, 6) is -0.335. The van der Waals surface area contributed by atoms with Crippen molar-refractivity contribution in [2.75, 3.05) is 6.54 Å². The van der Waals surface area contributed by atoms with E-state index < -0.39 is 11.6 Å². The van der Waals surface area contributed by atoms with Gasteiger partial charge < -0.3 is 9.64 Å². The van der Waals surface area contributed by atoms with Crippen molar-refractivity contribution in [3.63, 3.8) is 0 Å². The van der Waals surface area contributed by atoms with Gasteiger partial charge in [0, 0.05) is 12.1 Å². The average Bonchev–Trinajstić information content (AvgIpc) is 2.74. The topological polar surface area (TPSA) is 46.6 Å². The Morgan fingerprint density at radius 3 is 2.53 bits per heavy atom. The van der Waals surface area contributed by atoms with Crippen LogP contribution in [0, 0.1) is 0 Å². The SMILES string of the molecule is CC/C=C(/C)C(=O)N1CCC[C@@H]1C(=O)OC(C)(C)C. The van der Waals surface area contributed by atoms with Crippen LogP contribution in [0.1, 0.15) is 53.9 Å². The summed E-state index contributed by atoms with van der Waals surface area (Å²) >= 11 is 0. The van der Waals surface area contributed by atoms with E-state index in [1.807, 2.05) is 33.8 Å². The quantitative estimate of drug-likeness (QED) is 0.583. The molecule has 4 nitrogen and oxygen atoms in total. The first-order chi connectivity index (χ1) is 8.76. The van der Waals surface area contributed by atoms with Gasteiger partial charge in [0.2, 0.25) is 5.91 Å². The Kier molecular flexibility index (Phi) is 5.15. The van der Waals surface area contributed by atoms with Crippen molar-refractivity contribution >= 4 is 11.9 Å². The lowest BCUT2D eigenvalue weighted by Crippen LogP contribution is -2.43. The molecule has 0 radical (unpaired) electrons. The zero-order valence-electron chi connectivity index (χ0n) is 12.7. The first-order valence-electron chi connectivity index (χ1n) is 6.97. The van der Waals surface area contributed by atoms with E-state index in [-0.39, 0.29) is 11.9 Å². The third-order valence-electron chi connectivity index (χ3n) is 3.04. The molecule has 1 amide bonds. The highest BCUT2D eigenvalue weighted by atomic mass is 16.6. The molecule has 1 heterocycles. The van der Waals surface area contributed by atoms with Crippen molar-refractivity contribution in [3.05, 3.63) is 11.6 Å². The fourth-order valence-corrected chi connectivity index (χ4v) is 2.24. The maximum Gasteiger partial charge on any atom is 0.329 e. The zero-order chi connectivity index (χ0) is 14.6. The number of hydrogen-bond donors (Lipinski definition) is 0. The van der Waals surface area contributed by atoms with E-state index in [0.29, 0.717) is 18.5 Å². The second kappa shape index (κ2) is 6.22. The first-order valence-corrected chi connectivity index (χ1v) is 6.97. The average molecular weight is 267 g/mol. The molecular weight excluding hydrogens is 242 g/mol. The van der Waals surface area contributed by atoms with Crippen molar-refractivity contribution in [2.45, 2.75) is 65.5 Å². The van der Waals surface area contributed by atoms with Gasteiger partial charge in [-0.1, -0.05) is 13.0 Å².